The summed E-state index contributed by atoms with van der Waals surface area (Å²) < 4.78 is 0. The van der Waals surface area contributed by atoms with Crippen molar-refractivity contribution in [3.8, 4) is 0 Å². The lowest BCUT2D eigenvalue weighted by molar-refractivity contribution is 0.152. The molecule has 0 amide bonds. The highest BCUT2D eigenvalue weighted by atomic mass is 15.2. The first kappa shape index (κ1) is 11.7. The van der Waals surface area contributed by atoms with Crippen molar-refractivity contribution < 1.29 is 0 Å². The van der Waals surface area contributed by atoms with Crippen LogP contribution in [0, 0.1) is 0 Å². The summed E-state index contributed by atoms with van der Waals surface area (Å²) in [6, 6.07) is 16.2. The molecule has 1 atom stereocenters. The lowest BCUT2D eigenvalue weighted by Gasteiger charge is -2.33. The van der Waals surface area contributed by atoms with Crippen LogP contribution in [-0.2, 0) is 6.54 Å². The third-order valence-electron chi connectivity index (χ3n) is 4.14. The summed E-state index contributed by atoms with van der Waals surface area (Å²) >= 11 is 0. The molecule has 1 heteroatoms. The zero-order chi connectivity index (χ0) is 12.4. The van der Waals surface area contributed by atoms with Gasteiger partial charge in [0.15, 0.2) is 0 Å². The van der Waals surface area contributed by atoms with Crippen molar-refractivity contribution in [1.29, 1.82) is 0 Å². The lowest BCUT2D eigenvalue weighted by atomic mass is 10.0. The van der Waals surface area contributed by atoms with E-state index in [9.17, 15) is 0 Å². The topological polar surface area (TPSA) is 3.24 Å². The van der Waals surface area contributed by atoms with Crippen LogP contribution in [0.15, 0.2) is 42.5 Å². The Hall–Kier alpha value is -1.34. The number of hydrogen-bond acceptors (Lipinski definition) is 1. The Morgan fingerprint density at radius 2 is 1.89 bits per heavy atom. The molecule has 18 heavy (non-hydrogen) atoms. The first-order valence-corrected chi connectivity index (χ1v) is 7.05. The van der Waals surface area contributed by atoms with Crippen molar-refractivity contribution in [2.24, 2.45) is 0 Å². The summed E-state index contributed by atoms with van der Waals surface area (Å²) in [5.74, 6) is 0. The van der Waals surface area contributed by atoms with Gasteiger partial charge in [0, 0.05) is 12.6 Å². The number of nitrogens with zero attached hydrogens (tertiary/aromatic N) is 1. The molecule has 1 nitrogen and oxygen atoms in total. The molecule has 3 rings (SSSR count). The van der Waals surface area contributed by atoms with Crippen molar-refractivity contribution in [3.63, 3.8) is 0 Å². The molecule has 1 aliphatic rings. The fourth-order valence-electron chi connectivity index (χ4n) is 2.96. The van der Waals surface area contributed by atoms with Gasteiger partial charge in [0.1, 0.15) is 0 Å². The smallest absolute Gasteiger partial charge is 0.0236 e. The van der Waals surface area contributed by atoms with Gasteiger partial charge in [-0.15, -0.1) is 0 Å². The number of benzene rings is 2. The highest BCUT2D eigenvalue weighted by Crippen LogP contribution is 2.21. The van der Waals surface area contributed by atoms with Crippen LogP contribution in [0.2, 0.25) is 0 Å². The molecule has 1 unspecified atom stereocenters. The van der Waals surface area contributed by atoms with Crippen LogP contribution in [0.3, 0.4) is 0 Å². The largest absolute Gasteiger partial charge is 0.296 e. The highest BCUT2D eigenvalue weighted by molar-refractivity contribution is 5.82. The van der Waals surface area contributed by atoms with Gasteiger partial charge in [0.05, 0.1) is 0 Å². The molecule has 0 aliphatic carbocycles. The second-order valence-electron chi connectivity index (χ2n) is 5.50. The third kappa shape index (κ3) is 2.41. The molecule has 0 bridgehead atoms. The van der Waals surface area contributed by atoms with Crippen LogP contribution < -0.4 is 0 Å². The Kier molecular flexibility index (Phi) is 3.33. The average Bonchev–Trinajstić information content (AvgIpc) is 2.41. The summed E-state index contributed by atoms with van der Waals surface area (Å²) in [5.41, 5.74) is 1.45. The van der Waals surface area contributed by atoms with E-state index >= 15 is 0 Å². The monoisotopic (exact) mass is 239 g/mol. The van der Waals surface area contributed by atoms with Gasteiger partial charge in [-0.05, 0) is 48.7 Å². The molecule has 0 N–H and O–H groups in total. The van der Waals surface area contributed by atoms with Crippen LogP contribution in [0.1, 0.15) is 31.7 Å². The van der Waals surface area contributed by atoms with E-state index < -0.39 is 0 Å². The molecule has 0 aromatic heterocycles. The van der Waals surface area contributed by atoms with Crippen LogP contribution in [0.25, 0.3) is 10.8 Å². The molecule has 94 valence electrons. The Balaban J connectivity index is 1.81. The molecule has 1 fully saturated rings. The number of fused-ring (bicyclic) bond motifs is 1. The van der Waals surface area contributed by atoms with Crippen molar-refractivity contribution in [2.75, 3.05) is 6.54 Å². The number of piperidine rings is 1. The summed E-state index contributed by atoms with van der Waals surface area (Å²) in [7, 11) is 0. The minimum atomic E-state index is 0.741. The van der Waals surface area contributed by atoms with Gasteiger partial charge >= 0.3 is 0 Å². The maximum atomic E-state index is 2.62. The molecular weight excluding hydrogens is 218 g/mol. The molecular formula is C17H21N. The van der Waals surface area contributed by atoms with Crippen LogP contribution in [-0.4, -0.2) is 17.5 Å². The molecule has 0 spiro atoms. The predicted molar refractivity (Wildman–Crippen MR) is 77.7 cm³/mol. The van der Waals surface area contributed by atoms with Gasteiger partial charge in [0.25, 0.3) is 0 Å². The van der Waals surface area contributed by atoms with E-state index in [1.54, 1.807) is 0 Å². The Bertz CT molecular complexity index is 532. The second kappa shape index (κ2) is 5.11. The molecule has 2 aromatic carbocycles. The minimum absolute atomic E-state index is 0.741. The van der Waals surface area contributed by atoms with Crippen molar-refractivity contribution >= 4 is 10.8 Å². The summed E-state index contributed by atoms with van der Waals surface area (Å²) in [6.07, 6.45) is 4.11. The van der Waals surface area contributed by atoms with Crippen LogP contribution in [0.4, 0.5) is 0 Å². The van der Waals surface area contributed by atoms with Gasteiger partial charge < -0.3 is 0 Å². The quantitative estimate of drug-likeness (QED) is 0.758. The first-order chi connectivity index (χ1) is 8.83. The van der Waals surface area contributed by atoms with Gasteiger partial charge in [-0.1, -0.05) is 42.8 Å². The second-order valence-corrected chi connectivity index (χ2v) is 5.50. The van der Waals surface area contributed by atoms with Gasteiger partial charge in [-0.2, -0.15) is 0 Å². The zero-order valence-electron chi connectivity index (χ0n) is 11.1. The van der Waals surface area contributed by atoms with Crippen molar-refractivity contribution in [2.45, 2.75) is 38.8 Å². The summed E-state index contributed by atoms with van der Waals surface area (Å²) in [5, 5.41) is 2.70. The molecule has 1 aliphatic heterocycles. The van der Waals surface area contributed by atoms with Gasteiger partial charge in [-0.3, -0.25) is 4.90 Å². The Labute approximate surface area is 109 Å². The standard InChI is InChI=1S/C17H21N/c1-14-6-4-5-11-18(14)13-15-9-10-16-7-2-3-8-17(16)12-15/h2-3,7-10,12,14H,4-6,11,13H2,1H3. The van der Waals surface area contributed by atoms with Gasteiger partial charge in [0.2, 0.25) is 0 Å². The summed E-state index contributed by atoms with van der Waals surface area (Å²) in [6.45, 7) is 4.72. The van der Waals surface area contributed by atoms with E-state index in [1.807, 2.05) is 0 Å². The Morgan fingerprint density at radius 1 is 1.06 bits per heavy atom. The van der Waals surface area contributed by atoms with E-state index in [2.05, 4.69) is 54.3 Å². The van der Waals surface area contributed by atoms with Gasteiger partial charge in [-0.25, -0.2) is 0 Å². The van der Waals surface area contributed by atoms with Crippen molar-refractivity contribution in [1.82, 2.24) is 4.90 Å². The van der Waals surface area contributed by atoms with E-state index in [1.165, 1.54) is 42.1 Å². The summed E-state index contributed by atoms with van der Waals surface area (Å²) in [4.78, 5) is 2.62. The first-order valence-electron chi connectivity index (χ1n) is 7.05. The SMILES string of the molecule is CC1CCCCN1Cc1ccc2ccccc2c1. The fourth-order valence-corrected chi connectivity index (χ4v) is 2.96. The lowest BCUT2D eigenvalue weighted by Crippen LogP contribution is -2.36. The third-order valence-corrected chi connectivity index (χ3v) is 4.14. The number of rotatable bonds is 2. The molecule has 2 aromatic rings. The zero-order valence-corrected chi connectivity index (χ0v) is 11.1. The average molecular weight is 239 g/mol. The molecule has 1 saturated heterocycles. The molecule has 1 heterocycles. The van der Waals surface area contributed by atoms with Crippen molar-refractivity contribution in [3.05, 3.63) is 48.0 Å². The van der Waals surface area contributed by atoms with Crippen LogP contribution in [0.5, 0.6) is 0 Å². The van der Waals surface area contributed by atoms with E-state index in [0.29, 0.717) is 0 Å². The highest BCUT2D eigenvalue weighted by Gasteiger charge is 2.17. The Morgan fingerprint density at radius 3 is 2.72 bits per heavy atom. The van der Waals surface area contributed by atoms with E-state index in [0.717, 1.165) is 12.6 Å². The van der Waals surface area contributed by atoms with E-state index in [-0.39, 0.29) is 0 Å². The molecule has 0 saturated carbocycles. The number of hydrogen-bond donors (Lipinski definition) is 0. The minimum Gasteiger partial charge on any atom is -0.296 e. The van der Waals surface area contributed by atoms with Crippen LogP contribution >= 0.6 is 0 Å². The van der Waals surface area contributed by atoms with E-state index in [4.69, 9.17) is 0 Å². The normalized spacial score (nSPS) is 21.3. The predicted octanol–water partition coefficient (Wildman–Crippen LogP) is 4.21. The molecule has 0 radical (unpaired) electrons. The maximum absolute atomic E-state index is 2.62. The maximum Gasteiger partial charge on any atom is 0.0236 e. The fraction of sp³-hybridized carbons (Fsp3) is 0.412. The number of likely N-dealkylation sites (tertiary alicyclic amines) is 1.